The van der Waals surface area contributed by atoms with Gasteiger partial charge >= 0.3 is 0 Å². The van der Waals surface area contributed by atoms with E-state index >= 15 is 0 Å². The minimum atomic E-state index is 0.532. The molecule has 1 unspecified atom stereocenters. The first kappa shape index (κ1) is 10.5. The Morgan fingerprint density at radius 2 is 1.36 bits per heavy atom. The van der Waals surface area contributed by atoms with Gasteiger partial charge in [-0.1, -0.05) is 32.6 Å². The Morgan fingerprint density at radius 1 is 0.857 bits per heavy atom. The second kappa shape index (κ2) is 4.65. The van der Waals surface area contributed by atoms with Crippen molar-refractivity contribution in [2.24, 2.45) is 23.5 Å². The largest absolute Gasteiger partial charge is 0.327 e. The van der Waals surface area contributed by atoms with Gasteiger partial charge < -0.3 is 5.73 Å². The zero-order chi connectivity index (χ0) is 9.97. The van der Waals surface area contributed by atoms with Crippen molar-refractivity contribution < 1.29 is 0 Å². The molecule has 82 valence electrons. The molecule has 2 aliphatic carbocycles. The van der Waals surface area contributed by atoms with Gasteiger partial charge in [0.1, 0.15) is 0 Å². The van der Waals surface area contributed by atoms with E-state index in [0.717, 1.165) is 17.8 Å². The van der Waals surface area contributed by atoms with E-state index in [1.807, 2.05) is 0 Å². The minimum absolute atomic E-state index is 0.532. The topological polar surface area (TPSA) is 26.0 Å². The Labute approximate surface area is 88.4 Å². The summed E-state index contributed by atoms with van der Waals surface area (Å²) in [4.78, 5) is 0. The fraction of sp³-hybridized carbons (Fsp3) is 1.00. The van der Waals surface area contributed by atoms with E-state index in [2.05, 4.69) is 6.92 Å². The first-order valence-corrected chi connectivity index (χ1v) is 6.53. The number of hydrogen-bond donors (Lipinski definition) is 1. The van der Waals surface area contributed by atoms with E-state index < -0.39 is 0 Å². The molecule has 0 aliphatic heterocycles. The second-order valence-electron chi connectivity index (χ2n) is 5.64. The Hall–Kier alpha value is -0.0400. The summed E-state index contributed by atoms with van der Waals surface area (Å²) < 4.78 is 0. The van der Waals surface area contributed by atoms with Crippen LogP contribution in [0.4, 0.5) is 0 Å². The van der Waals surface area contributed by atoms with Gasteiger partial charge in [0.05, 0.1) is 0 Å². The molecule has 0 aromatic heterocycles. The summed E-state index contributed by atoms with van der Waals surface area (Å²) in [6.07, 6.45) is 11.3. The minimum Gasteiger partial charge on any atom is -0.327 e. The number of rotatable bonds is 2. The highest BCUT2D eigenvalue weighted by molar-refractivity contribution is 4.85. The molecule has 0 heterocycles. The van der Waals surface area contributed by atoms with Crippen molar-refractivity contribution in [1.29, 1.82) is 0 Å². The molecule has 0 spiro atoms. The van der Waals surface area contributed by atoms with Crippen LogP contribution in [0, 0.1) is 17.8 Å². The van der Waals surface area contributed by atoms with Crippen LogP contribution in [0.2, 0.25) is 0 Å². The van der Waals surface area contributed by atoms with Crippen LogP contribution in [0.25, 0.3) is 0 Å². The molecular weight excluding hydrogens is 170 g/mol. The van der Waals surface area contributed by atoms with Crippen LogP contribution in [0.5, 0.6) is 0 Å². The van der Waals surface area contributed by atoms with E-state index in [-0.39, 0.29) is 0 Å². The molecule has 0 bridgehead atoms. The smallest absolute Gasteiger partial charge is 0.00956 e. The molecule has 1 atom stereocenters. The maximum absolute atomic E-state index is 6.40. The average Bonchev–Trinajstić information content (AvgIpc) is 2.71. The van der Waals surface area contributed by atoms with Crippen LogP contribution in [-0.4, -0.2) is 6.04 Å². The molecule has 2 N–H and O–H groups in total. The molecule has 2 rings (SSSR count). The van der Waals surface area contributed by atoms with Crippen molar-refractivity contribution in [3.63, 3.8) is 0 Å². The molecule has 1 heteroatoms. The Bertz CT molecular complexity index is 164. The lowest BCUT2D eigenvalue weighted by molar-refractivity contribution is 0.213. The van der Waals surface area contributed by atoms with Crippen LogP contribution in [0.1, 0.15) is 58.3 Å². The standard InChI is InChI=1S/C13H25N/c1-10-6-8-12(9-7-10)13(14)11-4-2-3-5-11/h10-13H,2-9,14H2,1H3/t10-,12-,13?. The monoisotopic (exact) mass is 195 g/mol. The molecular formula is C13H25N. The molecule has 14 heavy (non-hydrogen) atoms. The SMILES string of the molecule is C[C@H]1CC[C@H](C(N)C2CCCC2)CC1. The van der Waals surface area contributed by atoms with E-state index in [0.29, 0.717) is 6.04 Å². The molecule has 0 radical (unpaired) electrons. The predicted molar refractivity (Wildman–Crippen MR) is 61.1 cm³/mol. The summed E-state index contributed by atoms with van der Waals surface area (Å²) in [6, 6.07) is 0.532. The predicted octanol–water partition coefficient (Wildman–Crippen LogP) is 3.33. The van der Waals surface area contributed by atoms with Gasteiger partial charge in [-0.2, -0.15) is 0 Å². The first-order valence-electron chi connectivity index (χ1n) is 6.53. The Balaban J connectivity index is 1.82. The van der Waals surface area contributed by atoms with Crippen LogP contribution in [-0.2, 0) is 0 Å². The molecule has 0 saturated heterocycles. The van der Waals surface area contributed by atoms with E-state index in [9.17, 15) is 0 Å². The second-order valence-corrected chi connectivity index (χ2v) is 5.64. The maximum Gasteiger partial charge on any atom is 0.00956 e. The third-order valence-corrected chi connectivity index (χ3v) is 4.55. The molecule has 1 nitrogen and oxygen atoms in total. The van der Waals surface area contributed by atoms with Gasteiger partial charge in [0.25, 0.3) is 0 Å². The lowest BCUT2D eigenvalue weighted by Crippen LogP contribution is -2.38. The summed E-state index contributed by atoms with van der Waals surface area (Å²) in [5.41, 5.74) is 6.40. The van der Waals surface area contributed by atoms with Gasteiger partial charge in [-0.15, -0.1) is 0 Å². The zero-order valence-corrected chi connectivity index (χ0v) is 9.54. The molecule has 0 aromatic rings. The van der Waals surface area contributed by atoms with Crippen molar-refractivity contribution in [2.75, 3.05) is 0 Å². The van der Waals surface area contributed by atoms with Crippen LogP contribution in [0.3, 0.4) is 0 Å². The molecule has 0 amide bonds. The van der Waals surface area contributed by atoms with Crippen molar-refractivity contribution in [2.45, 2.75) is 64.3 Å². The molecule has 0 aromatic carbocycles. The fourth-order valence-electron chi connectivity index (χ4n) is 3.40. The lowest BCUT2D eigenvalue weighted by Gasteiger charge is -2.33. The van der Waals surface area contributed by atoms with E-state index in [1.54, 1.807) is 0 Å². The van der Waals surface area contributed by atoms with Crippen molar-refractivity contribution >= 4 is 0 Å². The third kappa shape index (κ3) is 2.31. The van der Waals surface area contributed by atoms with Gasteiger partial charge in [-0.3, -0.25) is 0 Å². The normalized spacial score (nSPS) is 37.3. The maximum atomic E-state index is 6.40. The number of nitrogens with two attached hydrogens (primary N) is 1. The van der Waals surface area contributed by atoms with Gasteiger partial charge in [0.2, 0.25) is 0 Å². The molecule has 2 aliphatic rings. The summed E-state index contributed by atoms with van der Waals surface area (Å²) in [6.45, 7) is 2.39. The quantitative estimate of drug-likeness (QED) is 0.718. The summed E-state index contributed by atoms with van der Waals surface area (Å²) in [5.74, 6) is 2.68. The van der Waals surface area contributed by atoms with Crippen LogP contribution >= 0.6 is 0 Å². The highest BCUT2D eigenvalue weighted by atomic mass is 14.7. The van der Waals surface area contributed by atoms with Crippen molar-refractivity contribution in [1.82, 2.24) is 0 Å². The fourth-order valence-corrected chi connectivity index (χ4v) is 3.40. The van der Waals surface area contributed by atoms with Gasteiger partial charge in [-0.05, 0) is 43.4 Å². The van der Waals surface area contributed by atoms with E-state index in [1.165, 1.54) is 51.4 Å². The first-order chi connectivity index (χ1) is 6.77. The number of hydrogen-bond acceptors (Lipinski definition) is 1. The molecule has 2 fully saturated rings. The lowest BCUT2D eigenvalue weighted by atomic mass is 9.75. The summed E-state index contributed by atoms with van der Waals surface area (Å²) in [5, 5.41) is 0. The average molecular weight is 195 g/mol. The zero-order valence-electron chi connectivity index (χ0n) is 9.54. The summed E-state index contributed by atoms with van der Waals surface area (Å²) >= 11 is 0. The Morgan fingerprint density at radius 3 is 1.93 bits per heavy atom. The van der Waals surface area contributed by atoms with E-state index in [4.69, 9.17) is 5.73 Å². The Kier molecular flexibility index (Phi) is 3.48. The van der Waals surface area contributed by atoms with Crippen molar-refractivity contribution in [3.05, 3.63) is 0 Å². The summed E-state index contributed by atoms with van der Waals surface area (Å²) in [7, 11) is 0. The van der Waals surface area contributed by atoms with Gasteiger partial charge in [-0.25, -0.2) is 0 Å². The van der Waals surface area contributed by atoms with Gasteiger partial charge in [0, 0.05) is 6.04 Å². The highest BCUT2D eigenvalue weighted by Gasteiger charge is 2.30. The van der Waals surface area contributed by atoms with Crippen molar-refractivity contribution in [3.8, 4) is 0 Å². The third-order valence-electron chi connectivity index (χ3n) is 4.55. The van der Waals surface area contributed by atoms with Gasteiger partial charge in [0.15, 0.2) is 0 Å². The van der Waals surface area contributed by atoms with Crippen LogP contribution in [0.15, 0.2) is 0 Å². The van der Waals surface area contributed by atoms with Crippen LogP contribution < -0.4 is 5.73 Å². The highest BCUT2D eigenvalue weighted by Crippen LogP contribution is 2.36. The molecule has 2 saturated carbocycles.